The molecule has 1 unspecified atom stereocenters. The van der Waals surface area contributed by atoms with Gasteiger partial charge in [0.1, 0.15) is 5.82 Å². The molecule has 0 aliphatic carbocycles. The van der Waals surface area contributed by atoms with Crippen molar-refractivity contribution in [2.75, 3.05) is 12.3 Å². The molecule has 1 amide bonds. The Balaban J connectivity index is 1.46. The molecule has 0 spiro atoms. The Kier molecular flexibility index (Phi) is 6.49. The number of nitrogens with zero attached hydrogens (tertiary/aromatic N) is 1. The molecule has 1 heterocycles. The molecule has 0 saturated heterocycles. The Bertz CT molecular complexity index is 1030. The van der Waals surface area contributed by atoms with Crippen LogP contribution in [0.5, 0.6) is 0 Å². The van der Waals surface area contributed by atoms with Crippen molar-refractivity contribution in [1.29, 1.82) is 0 Å². The van der Waals surface area contributed by atoms with Gasteiger partial charge >= 0.3 is 6.18 Å². The number of carbonyl (C=O) groups is 1. The molecule has 3 rings (SSSR count). The van der Waals surface area contributed by atoms with Gasteiger partial charge in [-0.2, -0.15) is 13.2 Å². The predicted octanol–water partition coefficient (Wildman–Crippen LogP) is 4.54. The minimum atomic E-state index is -4.40. The van der Waals surface area contributed by atoms with E-state index in [-0.39, 0.29) is 29.0 Å². The van der Waals surface area contributed by atoms with Gasteiger partial charge in [0.05, 0.1) is 34.1 Å². The Hall–Kier alpha value is -2.92. The van der Waals surface area contributed by atoms with Gasteiger partial charge in [-0.05, 0) is 37.3 Å². The Labute approximate surface area is 170 Å². The summed E-state index contributed by atoms with van der Waals surface area (Å²) in [4.78, 5) is 19.7. The third-order valence-corrected chi connectivity index (χ3v) is 5.21. The van der Waals surface area contributed by atoms with Gasteiger partial charge in [-0.15, -0.1) is 11.8 Å². The van der Waals surface area contributed by atoms with Crippen LogP contribution >= 0.6 is 11.8 Å². The number of hydrogen-bond acceptors (Lipinski definition) is 3. The highest BCUT2D eigenvalue weighted by atomic mass is 32.2. The van der Waals surface area contributed by atoms with Gasteiger partial charge in [0.15, 0.2) is 0 Å². The minimum absolute atomic E-state index is 0.00402. The first-order chi connectivity index (χ1) is 13.8. The molecule has 0 bridgehead atoms. The summed E-state index contributed by atoms with van der Waals surface area (Å²) in [6.07, 6.45) is -4.40. The van der Waals surface area contributed by atoms with Crippen molar-refractivity contribution in [3.8, 4) is 11.8 Å². The van der Waals surface area contributed by atoms with Gasteiger partial charge < -0.3 is 10.3 Å². The second kappa shape index (κ2) is 9.05. The number of amides is 1. The Morgan fingerprint density at radius 2 is 2.03 bits per heavy atom. The molecule has 4 nitrogen and oxygen atoms in total. The molecular weight excluding hydrogens is 399 g/mol. The van der Waals surface area contributed by atoms with E-state index in [9.17, 15) is 18.0 Å². The number of aromatic amines is 1. The number of H-pyrrole nitrogens is 1. The number of benzene rings is 2. The number of imidazole rings is 1. The van der Waals surface area contributed by atoms with Crippen LogP contribution in [0.3, 0.4) is 0 Å². The molecule has 0 fully saturated rings. The van der Waals surface area contributed by atoms with Gasteiger partial charge in [0, 0.05) is 5.56 Å². The third kappa shape index (κ3) is 5.78. The monoisotopic (exact) mass is 417 g/mol. The molecule has 0 aliphatic heterocycles. The predicted molar refractivity (Wildman–Crippen MR) is 108 cm³/mol. The Morgan fingerprint density at radius 1 is 1.24 bits per heavy atom. The summed E-state index contributed by atoms with van der Waals surface area (Å²) >= 11 is 1.43. The lowest BCUT2D eigenvalue weighted by Gasteiger charge is -2.07. The number of para-hydroxylation sites is 2. The summed E-state index contributed by atoms with van der Waals surface area (Å²) in [5.41, 5.74) is 1.33. The average molecular weight is 417 g/mol. The number of rotatable bonds is 5. The van der Waals surface area contributed by atoms with E-state index in [1.165, 1.54) is 23.9 Å². The van der Waals surface area contributed by atoms with E-state index in [0.717, 1.165) is 29.0 Å². The van der Waals surface area contributed by atoms with Crippen LogP contribution in [0.4, 0.5) is 13.2 Å². The average Bonchev–Trinajstić information content (AvgIpc) is 3.13. The lowest BCUT2D eigenvalue weighted by atomic mass is 10.1. The van der Waals surface area contributed by atoms with E-state index < -0.39 is 11.7 Å². The van der Waals surface area contributed by atoms with Crippen LogP contribution in [0, 0.1) is 11.8 Å². The summed E-state index contributed by atoms with van der Waals surface area (Å²) in [6, 6.07) is 12.5. The molecule has 2 N–H and O–H groups in total. The van der Waals surface area contributed by atoms with Crippen molar-refractivity contribution in [2.45, 2.75) is 18.3 Å². The van der Waals surface area contributed by atoms with Crippen LogP contribution in [-0.4, -0.2) is 28.2 Å². The first-order valence-electron chi connectivity index (χ1n) is 8.82. The number of thioether (sulfide) groups is 1. The number of carbonyl (C=O) groups excluding carboxylic acids is 1. The smallest absolute Gasteiger partial charge is 0.344 e. The molecule has 1 atom stereocenters. The fourth-order valence-electron chi connectivity index (χ4n) is 2.56. The maximum atomic E-state index is 12.7. The molecule has 29 heavy (non-hydrogen) atoms. The van der Waals surface area contributed by atoms with Gasteiger partial charge in [-0.1, -0.05) is 30.0 Å². The molecule has 0 saturated carbocycles. The maximum Gasteiger partial charge on any atom is 0.416 e. The number of halogens is 3. The van der Waals surface area contributed by atoms with Gasteiger partial charge in [-0.25, -0.2) is 4.98 Å². The van der Waals surface area contributed by atoms with Crippen LogP contribution in [0.15, 0.2) is 48.5 Å². The number of hydrogen-bond donors (Lipinski definition) is 2. The number of aromatic nitrogens is 2. The summed E-state index contributed by atoms with van der Waals surface area (Å²) in [5.74, 6) is 6.13. The van der Waals surface area contributed by atoms with Crippen molar-refractivity contribution in [2.24, 2.45) is 0 Å². The Morgan fingerprint density at radius 3 is 2.79 bits per heavy atom. The molecule has 3 aromatic rings. The highest BCUT2D eigenvalue weighted by Crippen LogP contribution is 2.29. The highest BCUT2D eigenvalue weighted by molar-refractivity contribution is 8.00. The summed E-state index contributed by atoms with van der Waals surface area (Å²) in [7, 11) is 0. The number of nitrogens with one attached hydrogen (secondary N) is 2. The van der Waals surface area contributed by atoms with Crippen molar-refractivity contribution >= 4 is 28.7 Å². The first-order valence-corrected chi connectivity index (χ1v) is 9.87. The molecule has 0 aliphatic rings. The van der Waals surface area contributed by atoms with Gasteiger partial charge in [-0.3, -0.25) is 4.79 Å². The quantitative estimate of drug-likeness (QED) is 0.599. The topological polar surface area (TPSA) is 57.8 Å². The van der Waals surface area contributed by atoms with Crippen LogP contribution in [0.2, 0.25) is 0 Å². The summed E-state index contributed by atoms with van der Waals surface area (Å²) < 4.78 is 38.0. The zero-order chi connectivity index (χ0) is 20.9. The summed E-state index contributed by atoms with van der Waals surface area (Å²) in [6.45, 7) is 2.03. The van der Waals surface area contributed by atoms with Crippen molar-refractivity contribution in [3.63, 3.8) is 0 Å². The lowest BCUT2D eigenvalue weighted by molar-refractivity contribution is -0.137. The van der Waals surface area contributed by atoms with Crippen molar-refractivity contribution < 1.29 is 18.0 Å². The van der Waals surface area contributed by atoms with E-state index in [1.54, 1.807) is 0 Å². The maximum absolute atomic E-state index is 12.7. The van der Waals surface area contributed by atoms with E-state index in [4.69, 9.17) is 0 Å². The van der Waals surface area contributed by atoms with Crippen LogP contribution < -0.4 is 5.32 Å². The zero-order valence-electron chi connectivity index (χ0n) is 15.5. The normalized spacial score (nSPS) is 12.3. The summed E-state index contributed by atoms with van der Waals surface area (Å²) in [5, 5.41) is 2.65. The minimum Gasteiger partial charge on any atom is -0.344 e. The van der Waals surface area contributed by atoms with Crippen molar-refractivity contribution in [1.82, 2.24) is 15.3 Å². The van der Waals surface area contributed by atoms with Crippen LogP contribution in [0.1, 0.15) is 29.1 Å². The molecule has 1 aromatic heterocycles. The highest BCUT2D eigenvalue weighted by Gasteiger charge is 2.30. The fourth-order valence-corrected chi connectivity index (χ4v) is 3.33. The van der Waals surface area contributed by atoms with Gasteiger partial charge in [0.2, 0.25) is 5.91 Å². The van der Waals surface area contributed by atoms with E-state index in [2.05, 4.69) is 27.1 Å². The number of alkyl halides is 3. The zero-order valence-corrected chi connectivity index (χ0v) is 16.3. The number of fused-ring (bicyclic) bond motifs is 1. The van der Waals surface area contributed by atoms with E-state index >= 15 is 0 Å². The lowest BCUT2D eigenvalue weighted by Crippen LogP contribution is -2.25. The van der Waals surface area contributed by atoms with E-state index in [1.807, 2.05) is 31.2 Å². The largest absolute Gasteiger partial charge is 0.416 e. The molecule has 8 heteroatoms. The second-order valence-electron chi connectivity index (χ2n) is 6.25. The second-order valence-corrected chi connectivity index (χ2v) is 7.58. The fraction of sp³-hybridized carbons (Fsp3) is 0.238. The first kappa shape index (κ1) is 20.8. The molecule has 2 aromatic carbocycles. The van der Waals surface area contributed by atoms with Crippen LogP contribution in [-0.2, 0) is 11.0 Å². The third-order valence-electron chi connectivity index (χ3n) is 4.05. The van der Waals surface area contributed by atoms with Crippen molar-refractivity contribution in [3.05, 3.63) is 65.5 Å². The van der Waals surface area contributed by atoms with E-state index in [0.29, 0.717) is 0 Å². The molecule has 150 valence electrons. The molecule has 0 radical (unpaired) electrons. The van der Waals surface area contributed by atoms with Crippen LogP contribution in [0.25, 0.3) is 11.0 Å². The molecular formula is C21H18F3N3OS. The SMILES string of the molecule is CC(SCC(=O)NCC#Cc1cccc(C(F)(F)F)c1)c1nc2ccccc2[nH]1. The van der Waals surface area contributed by atoms with Gasteiger partial charge in [0.25, 0.3) is 0 Å². The standard InChI is InChI=1S/C21H18F3N3OS/c1-14(20-26-17-9-2-3-10-18(17)27-20)29-13-19(28)25-11-5-7-15-6-4-8-16(12-15)21(22,23)24/h2-4,6,8-10,12,14H,11,13H2,1H3,(H,25,28)(H,26,27).